The molecule has 10 atom stereocenters. The van der Waals surface area contributed by atoms with Gasteiger partial charge in [0, 0.05) is 72.8 Å². The summed E-state index contributed by atoms with van der Waals surface area (Å²) in [5, 5.41) is 11.2. The molecule has 0 aromatic carbocycles. The minimum Gasteiger partial charge on any atom is -0.343 e. The highest BCUT2D eigenvalue weighted by Crippen LogP contribution is 2.41. The van der Waals surface area contributed by atoms with Crippen molar-refractivity contribution in [3.05, 3.63) is 0 Å². The molecule has 2 saturated carbocycles. The Bertz CT molecular complexity index is 2790. The Morgan fingerprint density at radius 1 is 0.604 bits per heavy atom. The molecule has 0 aromatic heterocycles. The van der Waals surface area contributed by atoms with E-state index in [1.165, 1.54) is 68.1 Å². The second-order valence-electron chi connectivity index (χ2n) is 28.8. The summed E-state index contributed by atoms with van der Waals surface area (Å²) in [6.07, 6.45) is 6.20. The van der Waals surface area contributed by atoms with Gasteiger partial charge >= 0.3 is 6.18 Å². The summed E-state index contributed by atoms with van der Waals surface area (Å²) in [5.41, 5.74) is -1.77. The maximum absolute atomic E-state index is 15.1. The fourth-order valence-corrected chi connectivity index (χ4v) is 14.3. The van der Waals surface area contributed by atoms with E-state index >= 15 is 4.79 Å². The van der Waals surface area contributed by atoms with Crippen LogP contribution in [0.1, 0.15) is 171 Å². The third-order valence-electron chi connectivity index (χ3n) is 20.0. The lowest BCUT2D eigenvalue weighted by molar-refractivity contribution is -0.184. The number of hydrogen-bond acceptors (Lipinski definition) is 12. The second kappa shape index (κ2) is 37.1. The van der Waals surface area contributed by atoms with Gasteiger partial charge in [-0.05, 0) is 127 Å². The molecule has 12 amide bonds. The van der Waals surface area contributed by atoms with Crippen molar-refractivity contribution < 1.29 is 70.7 Å². The summed E-state index contributed by atoms with van der Waals surface area (Å²) < 4.78 is 41.9. The minimum absolute atomic E-state index is 0.0481. The molecule has 0 spiro atoms. The van der Waals surface area contributed by atoms with Gasteiger partial charge in [0.25, 0.3) is 0 Å². The van der Waals surface area contributed by atoms with Crippen molar-refractivity contribution in [1.29, 1.82) is 0 Å². The van der Waals surface area contributed by atoms with E-state index in [4.69, 9.17) is 6.42 Å². The van der Waals surface area contributed by atoms with E-state index in [0.29, 0.717) is 38.8 Å². The van der Waals surface area contributed by atoms with E-state index in [0.717, 1.165) is 55.1 Å². The zero-order valence-corrected chi connectivity index (χ0v) is 61.6. The summed E-state index contributed by atoms with van der Waals surface area (Å²) >= 11 is 2.34. The van der Waals surface area contributed by atoms with Crippen LogP contribution in [0.3, 0.4) is 0 Å². The standard InChI is InChI=1S/C68H110F3IN12O12/c1-17-23-48-62(92)83(16)67(8,9)66(96)75-50(32-41(3)4)61(91)82(15)53(64(94)84-30-20-19-21-31-84)37-55(86)80(13)51(33-42(5)6)60(90)76-58(43(7)18-2)65(95)79(12)39-56(87)77(10)40-57(88)81(14)52(36-44-26-28-46(29-27-44)68(69,70)71)63(93)78(11)38-54(85)73-49(59(89)74-48)35-45-24-22-25-47(72)34-45/h1,41-53,58H,18-40H2,2-16H3,(H,73,85)(H,74,89)(H,75,96)(H,76,90)/t43-,44?,45?,46?,47?,48-,49-,50-,51-,52-,53-,58-/m0/s1. The first-order chi connectivity index (χ1) is 44.7. The number of carbonyl (C=O) groups is 12. The number of piperidine rings is 1. The molecule has 4 N–H and O–H groups in total. The third kappa shape index (κ3) is 23.2. The van der Waals surface area contributed by atoms with Crippen molar-refractivity contribution in [3.63, 3.8) is 0 Å². The van der Waals surface area contributed by atoms with Crippen LogP contribution in [0.5, 0.6) is 0 Å². The first-order valence-corrected chi connectivity index (χ1v) is 35.4. The molecule has 96 heavy (non-hydrogen) atoms. The number of likely N-dealkylation sites (tertiary alicyclic amines) is 1. The lowest BCUT2D eigenvalue weighted by atomic mass is 9.78. The summed E-state index contributed by atoms with van der Waals surface area (Å²) in [6, 6.07) is -9.30. The highest BCUT2D eigenvalue weighted by atomic mass is 127. The molecule has 2 unspecified atom stereocenters. The monoisotopic (exact) mass is 1470 g/mol. The molecular weight excluding hydrogens is 1360 g/mol. The van der Waals surface area contributed by atoms with Crippen molar-refractivity contribution in [2.75, 3.05) is 82.1 Å². The molecule has 4 fully saturated rings. The molecule has 2 saturated heterocycles. The first-order valence-electron chi connectivity index (χ1n) is 34.2. The van der Waals surface area contributed by atoms with Crippen molar-refractivity contribution >= 4 is 93.5 Å². The number of terminal acetylenes is 1. The van der Waals surface area contributed by atoms with E-state index in [9.17, 15) is 65.9 Å². The average Bonchev–Trinajstić information content (AvgIpc) is 0.833. The van der Waals surface area contributed by atoms with Crippen molar-refractivity contribution in [2.45, 2.75) is 229 Å². The summed E-state index contributed by atoms with van der Waals surface area (Å²) in [7, 11) is 9.40. The normalized spacial score (nSPS) is 28.9. The average molecular weight is 1470 g/mol. The van der Waals surface area contributed by atoms with Crippen LogP contribution < -0.4 is 21.3 Å². The van der Waals surface area contributed by atoms with E-state index in [1.54, 1.807) is 18.7 Å². The number of carbonyl (C=O) groups excluding carboxylic acids is 12. The molecular formula is C68H110F3IN12O12. The fraction of sp³-hybridized carbons (Fsp3) is 0.794. The molecule has 0 radical (unpaired) electrons. The molecule has 24 nitrogen and oxygen atoms in total. The first kappa shape index (κ1) is 82.1. The highest BCUT2D eigenvalue weighted by molar-refractivity contribution is 14.1. The smallest absolute Gasteiger partial charge is 0.343 e. The van der Waals surface area contributed by atoms with Gasteiger partial charge in [0.05, 0.1) is 32.0 Å². The Balaban J connectivity index is 1.86. The molecule has 542 valence electrons. The second-order valence-corrected chi connectivity index (χ2v) is 30.6. The van der Waals surface area contributed by atoms with Crippen LogP contribution in [0.4, 0.5) is 13.2 Å². The SMILES string of the molecule is C#CC[C@@H]1NC(=O)[C@H](CC2CCCC(I)C2)NC(=O)CN(C)C(=O)[C@H](CC2CCC(C(F)(F)F)CC2)N(C)C(=O)CN(C)C(=O)CN(C)C(=O)[C@H]([C@@H](C)CC)NC(=O)[C@H](CC(C)C)N(C)C(=O)C[C@@H](C(=O)N2CCCCC2)N(C)C(=O)[C@H](CC(C)C)NC(=O)C(C)(C)N(C)C1=O. The topological polar surface area (TPSA) is 279 Å². The van der Waals surface area contributed by atoms with Gasteiger partial charge in [0.15, 0.2) is 0 Å². The number of amides is 12. The summed E-state index contributed by atoms with van der Waals surface area (Å²) in [6.45, 7) is 12.6. The minimum atomic E-state index is -4.43. The number of halogens is 4. The predicted molar refractivity (Wildman–Crippen MR) is 365 cm³/mol. The van der Waals surface area contributed by atoms with Crippen LogP contribution in [0, 0.1) is 47.9 Å². The molecule has 2 aliphatic carbocycles. The highest BCUT2D eigenvalue weighted by Gasteiger charge is 2.46. The molecule has 2 aliphatic heterocycles. The van der Waals surface area contributed by atoms with E-state index in [2.05, 4.69) is 49.8 Å². The van der Waals surface area contributed by atoms with Gasteiger partial charge in [-0.15, -0.1) is 12.3 Å². The van der Waals surface area contributed by atoms with Gasteiger partial charge in [0.1, 0.15) is 47.8 Å². The number of nitrogens with zero attached hydrogens (tertiary/aromatic N) is 8. The fourth-order valence-electron chi connectivity index (χ4n) is 13.2. The molecule has 2 heterocycles. The maximum atomic E-state index is 15.1. The van der Waals surface area contributed by atoms with Crippen LogP contribution in [0.15, 0.2) is 0 Å². The van der Waals surface area contributed by atoms with Gasteiger partial charge < -0.3 is 60.5 Å². The zero-order valence-electron chi connectivity index (χ0n) is 59.4. The Kier molecular flexibility index (Phi) is 31.7. The van der Waals surface area contributed by atoms with Crippen LogP contribution >= 0.6 is 22.6 Å². The molecule has 28 heteroatoms. The maximum Gasteiger partial charge on any atom is 0.391 e. The molecule has 4 rings (SSSR count). The van der Waals surface area contributed by atoms with Crippen molar-refractivity contribution in [1.82, 2.24) is 60.5 Å². The van der Waals surface area contributed by atoms with Gasteiger partial charge in [-0.25, -0.2) is 0 Å². The van der Waals surface area contributed by atoms with E-state index < -0.39 is 169 Å². The van der Waals surface area contributed by atoms with Gasteiger partial charge in [-0.3, -0.25) is 57.5 Å². The molecule has 0 bridgehead atoms. The van der Waals surface area contributed by atoms with Crippen LogP contribution in [-0.2, 0) is 57.5 Å². The quantitative estimate of drug-likeness (QED) is 0.117. The Labute approximate surface area is 580 Å². The van der Waals surface area contributed by atoms with Gasteiger partial charge in [-0.1, -0.05) is 83.4 Å². The Morgan fingerprint density at radius 3 is 1.75 bits per heavy atom. The number of rotatable bonds is 12. The van der Waals surface area contributed by atoms with Gasteiger partial charge in [-0.2, -0.15) is 13.2 Å². The largest absolute Gasteiger partial charge is 0.391 e. The van der Waals surface area contributed by atoms with Crippen LogP contribution in [0.25, 0.3) is 0 Å². The van der Waals surface area contributed by atoms with E-state index in [1.807, 2.05) is 27.7 Å². The summed E-state index contributed by atoms with van der Waals surface area (Å²) in [4.78, 5) is 185. The van der Waals surface area contributed by atoms with Crippen LogP contribution in [0.2, 0.25) is 0 Å². The third-order valence-corrected chi connectivity index (χ3v) is 21.1. The zero-order chi connectivity index (χ0) is 72.4. The summed E-state index contributed by atoms with van der Waals surface area (Å²) in [5.74, 6) is -9.32. The van der Waals surface area contributed by atoms with Crippen molar-refractivity contribution in [2.24, 2.45) is 35.5 Å². The number of nitrogens with one attached hydrogen (secondary N) is 4. The Morgan fingerprint density at radius 2 is 1.19 bits per heavy atom. The number of alkyl halides is 4. The lowest BCUT2D eigenvalue weighted by Gasteiger charge is -2.39. The Hall–Kier alpha value is -6.28. The lowest BCUT2D eigenvalue weighted by Crippen LogP contribution is -2.63. The van der Waals surface area contributed by atoms with E-state index in [-0.39, 0.29) is 79.5 Å². The van der Waals surface area contributed by atoms with Crippen LogP contribution in [-0.4, -0.2) is 250 Å². The predicted octanol–water partition coefficient (Wildman–Crippen LogP) is 4.74. The number of hydrogen-bond donors (Lipinski definition) is 4. The number of likely N-dealkylation sites (N-methyl/N-ethyl adjacent to an activating group) is 7. The van der Waals surface area contributed by atoms with Gasteiger partial charge in [0.2, 0.25) is 70.9 Å². The molecule has 4 aliphatic rings. The molecule has 0 aromatic rings. The van der Waals surface area contributed by atoms with Crippen molar-refractivity contribution in [3.8, 4) is 12.3 Å².